The van der Waals surface area contributed by atoms with Crippen LogP contribution in [0.2, 0.25) is 0 Å². The van der Waals surface area contributed by atoms with Gasteiger partial charge >= 0.3 is 0 Å². The minimum Gasteiger partial charge on any atom is -0.492 e. The Morgan fingerprint density at radius 2 is 1.96 bits per heavy atom. The van der Waals surface area contributed by atoms with Gasteiger partial charge in [0.1, 0.15) is 18.0 Å². The number of rotatable bonds is 4. The van der Waals surface area contributed by atoms with Crippen LogP contribution in [0, 0.1) is 0 Å². The minimum absolute atomic E-state index is 0.0523. The second kappa shape index (κ2) is 7.69. The van der Waals surface area contributed by atoms with Crippen LogP contribution in [0.3, 0.4) is 0 Å². The molecule has 2 aliphatic heterocycles. The van der Waals surface area contributed by atoms with E-state index in [4.69, 9.17) is 4.74 Å². The zero-order valence-corrected chi connectivity index (χ0v) is 14.6. The molecule has 4 rings (SSSR count). The highest BCUT2D eigenvalue weighted by Crippen LogP contribution is 2.22. The third-order valence-electron chi connectivity index (χ3n) is 4.69. The van der Waals surface area contributed by atoms with Gasteiger partial charge in [-0.15, -0.1) is 0 Å². The van der Waals surface area contributed by atoms with E-state index in [-0.39, 0.29) is 11.9 Å². The van der Waals surface area contributed by atoms with Gasteiger partial charge in [-0.3, -0.25) is 4.98 Å². The third-order valence-corrected chi connectivity index (χ3v) is 4.69. The lowest BCUT2D eigenvalue weighted by Gasteiger charge is -2.34. The quantitative estimate of drug-likeness (QED) is 0.826. The van der Waals surface area contributed by atoms with Gasteiger partial charge in [0.2, 0.25) is 5.88 Å². The number of hydrogen-bond donors (Lipinski definition) is 2. The number of nitrogens with one attached hydrogen (secondary N) is 1. The summed E-state index contributed by atoms with van der Waals surface area (Å²) in [6.07, 6.45) is 6.73. The highest BCUT2D eigenvalue weighted by molar-refractivity contribution is 5.49. The van der Waals surface area contributed by atoms with Gasteiger partial charge in [-0.25, -0.2) is 9.97 Å². The van der Waals surface area contributed by atoms with E-state index in [0.29, 0.717) is 5.82 Å². The van der Waals surface area contributed by atoms with Gasteiger partial charge in [0, 0.05) is 38.3 Å². The van der Waals surface area contributed by atoms with Crippen LogP contribution in [-0.4, -0.2) is 70.5 Å². The first-order valence-electron chi connectivity index (χ1n) is 8.95. The number of ether oxygens (including phenoxy) is 1. The van der Waals surface area contributed by atoms with E-state index in [1.54, 1.807) is 12.5 Å². The molecule has 138 valence electrons. The van der Waals surface area contributed by atoms with Crippen LogP contribution in [0.1, 0.15) is 12.8 Å². The molecule has 0 aromatic carbocycles. The van der Waals surface area contributed by atoms with Gasteiger partial charge < -0.3 is 25.0 Å². The largest absolute Gasteiger partial charge is 0.492 e. The molecular weight excluding hydrogens is 334 g/mol. The Morgan fingerprint density at radius 1 is 1.08 bits per heavy atom. The molecule has 2 aliphatic rings. The standard InChI is InChI=1S/C17H23N7O2/c25-17-10-18-9-16(22-17)24-3-1-2-13(11-24)21-14-8-15(20-12-19-14)23-4-6-26-7-5-23/h8-10,12-13H,1-7,11H2,(H,22,25)(H,19,20,21)/t13-/m1/s1. The van der Waals surface area contributed by atoms with E-state index in [0.717, 1.165) is 63.9 Å². The lowest BCUT2D eigenvalue weighted by Crippen LogP contribution is -2.42. The number of aromatic nitrogens is 4. The molecule has 0 bridgehead atoms. The monoisotopic (exact) mass is 357 g/mol. The van der Waals surface area contributed by atoms with Crippen molar-refractivity contribution in [2.75, 3.05) is 54.5 Å². The SMILES string of the molecule is Oc1cncc(N2CCC[C@@H](Nc3cc(N4CCOCC4)ncn3)C2)n1. The molecule has 1 atom stereocenters. The van der Waals surface area contributed by atoms with Crippen molar-refractivity contribution in [2.45, 2.75) is 18.9 Å². The molecule has 0 aliphatic carbocycles. The van der Waals surface area contributed by atoms with Crippen LogP contribution in [-0.2, 0) is 4.74 Å². The molecule has 2 fully saturated rings. The van der Waals surface area contributed by atoms with Crippen molar-refractivity contribution in [3.05, 3.63) is 24.8 Å². The topological polar surface area (TPSA) is 99.5 Å². The van der Waals surface area contributed by atoms with E-state index in [2.05, 4.69) is 35.1 Å². The molecule has 0 amide bonds. The lowest BCUT2D eigenvalue weighted by molar-refractivity contribution is 0.122. The zero-order valence-electron chi connectivity index (χ0n) is 14.6. The van der Waals surface area contributed by atoms with Gasteiger partial charge in [-0.05, 0) is 12.8 Å². The number of hydrogen-bond acceptors (Lipinski definition) is 9. The van der Waals surface area contributed by atoms with E-state index in [1.165, 1.54) is 6.20 Å². The van der Waals surface area contributed by atoms with Gasteiger partial charge in [0.15, 0.2) is 5.82 Å². The summed E-state index contributed by atoms with van der Waals surface area (Å²) in [6.45, 7) is 4.85. The van der Waals surface area contributed by atoms with Crippen LogP contribution in [0.5, 0.6) is 5.88 Å². The predicted octanol–water partition coefficient (Wildman–Crippen LogP) is 0.890. The molecule has 0 spiro atoms. The van der Waals surface area contributed by atoms with E-state index < -0.39 is 0 Å². The second-order valence-corrected chi connectivity index (χ2v) is 6.53. The van der Waals surface area contributed by atoms with Crippen molar-refractivity contribution in [1.29, 1.82) is 0 Å². The fourth-order valence-corrected chi connectivity index (χ4v) is 3.40. The summed E-state index contributed by atoms with van der Waals surface area (Å²) >= 11 is 0. The number of nitrogens with zero attached hydrogens (tertiary/aromatic N) is 6. The van der Waals surface area contributed by atoms with Gasteiger partial charge in [-0.2, -0.15) is 4.98 Å². The molecule has 2 saturated heterocycles. The second-order valence-electron chi connectivity index (χ2n) is 6.53. The molecule has 4 heterocycles. The van der Waals surface area contributed by atoms with Crippen LogP contribution in [0.4, 0.5) is 17.5 Å². The molecule has 26 heavy (non-hydrogen) atoms. The van der Waals surface area contributed by atoms with Gasteiger partial charge in [-0.1, -0.05) is 0 Å². The number of morpholine rings is 1. The Morgan fingerprint density at radius 3 is 2.81 bits per heavy atom. The highest BCUT2D eigenvalue weighted by Gasteiger charge is 2.22. The molecular formula is C17H23N7O2. The van der Waals surface area contributed by atoms with Gasteiger partial charge in [0.25, 0.3) is 0 Å². The molecule has 9 heteroatoms. The number of aromatic hydroxyl groups is 1. The fraction of sp³-hybridized carbons (Fsp3) is 0.529. The summed E-state index contributed by atoms with van der Waals surface area (Å²) in [6, 6.07) is 2.25. The van der Waals surface area contributed by atoms with Crippen LogP contribution in [0.25, 0.3) is 0 Å². The van der Waals surface area contributed by atoms with Crippen LogP contribution in [0.15, 0.2) is 24.8 Å². The molecule has 2 N–H and O–H groups in total. The summed E-state index contributed by atoms with van der Waals surface area (Å²) in [4.78, 5) is 21.3. The molecule has 0 radical (unpaired) electrons. The molecule has 9 nitrogen and oxygen atoms in total. The Bertz CT molecular complexity index is 739. The Kier molecular flexibility index (Phi) is 4.96. The van der Waals surface area contributed by atoms with Crippen molar-refractivity contribution in [2.24, 2.45) is 0 Å². The summed E-state index contributed by atoms with van der Waals surface area (Å²) in [5.41, 5.74) is 0. The summed E-state index contributed by atoms with van der Waals surface area (Å²) in [5, 5.41) is 13.1. The van der Waals surface area contributed by atoms with Crippen molar-refractivity contribution in [3.63, 3.8) is 0 Å². The Labute approximate surface area is 152 Å². The first-order chi connectivity index (χ1) is 12.8. The highest BCUT2D eigenvalue weighted by atomic mass is 16.5. The summed E-state index contributed by atoms with van der Waals surface area (Å²) in [7, 11) is 0. The van der Waals surface area contributed by atoms with E-state index >= 15 is 0 Å². The van der Waals surface area contributed by atoms with Crippen molar-refractivity contribution in [3.8, 4) is 5.88 Å². The van der Waals surface area contributed by atoms with Crippen molar-refractivity contribution >= 4 is 17.5 Å². The number of piperidine rings is 1. The minimum atomic E-state index is -0.0523. The third kappa shape index (κ3) is 3.93. The first kappa shape index (κ1) is 16.8. The van der Waals surface area contributed by atoms with Crippen LogP contribution >= 0.6 is 0 Å². The fourth-order valence-electron chi connectivity index (χ4n) is 3.40. The van der Waals surface area contributed by atoms with Gasteiger partial charge in [0.05, 0.1) is 25.6 Å². The van der Waals surface area contributed by atoms with E-state index in [9.17, 15) is 5.11 Å². The first-order valence-corrected chi connectivity index (χ1v) is 8.95. The van der Waals surface area contributed by atoms with E-state index in [1.807, 2.05) is 6.07 Å². The Balaban J connectivity index is 1.42. The average molecular weight is 357 g/mol. The predicted molar refractivity (Wildman–Crippen MR) is 97.6 cm³/mol. The molecule has 2 aromatic rings. The maximum absolute atomic E-state index is 9.55. The smallest absolute Gasteiger partial charge is 0.231 e. The van der Waals surface area contributed by atoms with Crippen molar-refractivity contribution in [1.82, 2.24) is 19.9 Å². The zero-order chi connectivity index (χ0) is 17.8. The summed E-state index contributed by atoms with van der Waals surface area (Å²) in [5.74, 6) is 2.41. The normalized spacial score (nSPS) is 20.8. The maximum Gasteiger partial charge on any atom is 0.231 e. The van der Waals surface area contributed by atoms with Crippen molar-refractivity contribution < 1.29 is 9.84 Å². The Hall–Kier alpha value is -2.68. The summed E-state index contributed by atoms with van der Waals surface area (Å²) < 4.78 is 5.40. The maximum atomic E-state index is 9.55. The molecule has 0 saturated carbocycles. The lowest BCUT2D eigenvalue weighted by atomic mass is 10.1. The molecule has 0 unspecified atom stereocenters. The molecule has 2 aromatic heterocycles. The van der Waals surface area contributed by atoms with Crippen LogP contribution < -0.4 is 15.1 Å². The average Bonchev–Trinajstić information content (AvgIpc) is 2.69. The number of anilines is 3.